The fourth-order valence-corrected chi connectivity index (χ4v) is 1.89. The smallest absolute Gasteiger partial charge is 0.342 e. The number of esters is 3. The highest BCUT2D eigenvalue weighted by molar-refractivity contribution is 5.94. The number of cyclic esters (lactones) is 1. The van der Waals surface area contributed by atoms with Crippen molar-refractivity contribution < 1.29 is 28.6 Å². The zero-order valence-corrected chi connectivity index (χ0v) is 10.5. The maximum atomic E-state index is 11.8. The molecule has 0 saturated carbocycles. The normalized spacial score (nSPS) is 20.4. The van der Waals surface area contributed by atoms with E-state index in [1.807, 2.05) is 0 Å². The summed E-state index contributed by atoms with van der Waals surface area (Å²) in [5.41, 5.74) is 0.660. The zero-order valence-electron chi connectivity index (χ0n) is 10.5. The lowest BCUT2D eigenvalue weighted by atomic mass is 10.0. The number of ether oxygens (including phenoxy) is 3. The van der Waals surface area contributed by atoms with E-state index in [9.17, 15) is 14.4 Å². The van der Waals surface area contributed by atoms with Crippen LogP contribution in [0, 0.1) is 0 Å². The number of hydrogen-bond donors (Lipinski definition) is 0. The second-order valence-corrected chi connectivity index (χ2v) is 4.06. The lowest BCUT2D eigenvalue weighted by molar-refractivity contribution is -0.227. The highest BCUT2D eigenvalue weighted by atomic mass is 16.8. The van der Waals surface area contributed by atoms with Crippen LogP contribution in [-0.2, 0) is 29.6 Å². The van der Waals surface area contributed by atoms with Crippen molar-refractivity contribution in [2.75, 3.05) is 6.61 Å². The Bertz CT molecular complexity index is 546. The second kappa shape index (κ2) is 4.72. The van der Waals surface area contributed by atoms with E-state index in [1.54, 1.807) is 24.3 Å². The summed E-state index contributed by atoms with van der Waals surface area (Å²) < 4.78 is 15.1. The minimum absolute atomic E-state index is 0.288. The second-order valence-electron chi connectivity index (χ2n) is 4.06. The molecule has 0 fully saturated rings. The van der Waals surface area contributed by atoms with Gasteiger partial charge in [0, 0.05) is 13.8 Å². The fraction of sp³-hybridized carbons (Fsp3) is 0.308. The van der Waals surface area contributed by atoms with E-state index in [4.69, 9.17) is 14.2 Å². The highest BCUT2D eigenvalue weighted by Gasteiger charge is 2.49. The maximum Gasteiger partial charge on any atom is 0.342 e. The number of fused-ring (bicyclic) bond motifs is 1. The molecular weight excluding hydrogens is 252 g/mol. The van der Waals surface area contributed by atoms with E-state index in [1.165, 1.54) is 13.8 Å². The first-order valence-corrected chi connectivity index (χ1v) is 5.60. The molecule has 1 aromatic rings. The molecule has 0 saturated heterocycles. The fourth-order valence-electron chi connectivity index (χ4n) is 1.89. The minimum Gasteiger partial charge on any atom is -0.457 e. The minimum atomic E-state index is -1.69. The molecule has 0 bridgehead atoms. The van der Waals surface area contributed by atoms with Gasteiger partial charge in [0.05, 0.1) is 11.1 Å². The Morgan fingerprint density at radius 2 is 1.89 bits per heavy atom. The van der Waals surface area contributed by atoms with Crippen LogP contribution in [0.3, 0.4) is 0 Å². The summed E-state index contributed by atoms with van der Waals surface area (Å²) in [6.07, 6.45) is 0. The molecule has 2 rings (SSSR count). The molecule has 100 valence electrons. The van der Waals surface area contributed by atoms with Gasteiger partial charge >= 0.3 is 23.7 Å². The van der Waals surface area contributed by atoms with Crippen LogP contribution in [0.15, 0.2) is 24.3 Å². The van der Waals surface area contributed by atoms with Gasteiger partial charge in [-0.05, 0) is 6.07 Å². The summed E-state index contributed by atoms with van der Waals surface area (Å²) in [5, 5.41) is 0. The van der Waals surface area contributed by atoms with Crippen LogP contribution in [0.2, 0.25) is 0 Å². The van der Waals surface area contributed by atoms with E-state index in [0.717, 1.165) is 0 Å². The number of carbonyl (C=O) groups excluding carboxylic acids is 3. The van der Waals surface area contributed by atoms with Crippen molar-refractivity contribution in [3.8, 4) is 0 Å². The first kappa shape index (κ1) is 13.1. The lowest BCUT2D eigenvalue weighted by Crippen LogP contribution is -2.37. The standard InChI is InChI=1S/C13H12O6/c1-8(14)17-7-13(18-9(2)15)11-6-4-3-5-10(11)12(16)19-13/h3-6H,7H2,1-2H3. The molecule has 1 aromatic carbocycles. The first-order valence-electron chi connectivity index (χ1n) is 5.60. The molecule has 1 atom stereocenters. The predicted octanol–water partition coefficient (Wildman–Crippen LogP) is 1.14. The number of carbonyl (C=O) groups is 3. The molecule has 1 unspecified atom stereocenters. The lowest BCUT2D eigenvalue weighted by Gasteiger charge is -2.26. The van der Waals surface area contributed by atoms with Crippen LogP contribution in [-0.4, -0.2) is 24.5 Å². The van der Waals surface area contributed by atoms with E-state index >= 15 is 0 Å². The molecule has 0 N–H and O–H groups in total. The molecule has 0 spiro atoms. The van der Waals surface area contributed by atoms with Gasteiger partial charge in [-0.15, -0.1) is 0 Å². The van der Waals surface area contributed by atoms with Crippen molar-refractivity contribution in [2.24, 2.45) is 0 Å². The number of benzene rings is 1. The summed E-state index contributed by atoms with van der Waals surface area (Å²) in [7, 11) is 0. The van der Waals surface area contributed by atoms with Gasteiger partial charge in [-0.3, -0.25) is 9.59 Å². The van der Waals surface area contributed by atoms with Crippen molar-refractivity contribution in [1.82, 2.24) is 0 Å². The summed E-state index contributed by atoms with van der Waals surface area (Å²) in [5.74, 6) is -3.52. The van der Waals surface area contributed by atoms with Crippen molar-refractivity contribution in [1.29, 1.82) is 0 Å². The van der Waals surface area contributed by atoms with E-state index in [0.29, 0.717) is 5.56 Å². The zero-order chi connectivity index (χ0) is 14.0. The third-order valence-electron chi connectivity index (χ3n) is 2.59. The molecule has 0 aromatic heterocycles. The molecule has 19 heavy (non-hydrogen) atoms. The van der Waals surface area contributed by atoms with Gasteiger partial charge in [-0.25, -0.2) is 4.79 Å². The van der Waals surface area contributed by atoms with Gasteiger partial charge in [0.2, 0.25) is 0 Å². The molecule has 6 heteroatoms. The van der Waals surface area contributed by atoms with Crippen LogP contribution >= 0.6 is 0 Å². The summed E-state index contributed by atoms with van der Waals surface area (Å²) >= 11 is 0. The Morgan fingerprint density at radius 3 is 2.53 bits per heavy atom. The third-order valence-corrected chi connectivity index (χ3v) is 2.59. The van der Waals surface area contributed by atoms with Crippen LogP contribution in [0.4, 0.5) is 0 Å². The van der Waals surface area contributed by atoms with Crippen molar-refractivity contribution in [3.05, 3.63) is 35.4 Å². The molecule has 0 amide bonds. The summed E-state index contributed by atoms with van der Waals surface area (Å²) in [6, 6.07) is 6.48. The van der Waals surface area contributed by atoms with Gasteiger partial charge in [-0.2, -0.15) is 0 Å². The third kappa shape index (κ3) is 2.42. The Hall–Kier alpha value is -2.37. The Balaban J connectivity index is 2.42. The van der Waals surface area contributed by atoms with Gasteiger partial charge < -0.3 is 14.2 Å². The SMILES string of the molecule is CC(=O)OCC1(OC(C)=O)OC(=O)c2ccccc21. The average molecular weight is 264 g/mol. The van der Waals surface area contributed by atoms with Crippen molar-refractivity contribution in [2.45, 2.75) is 19.6 Å². The summed E-state index contributed by atoms with van der Waals surface area (Å²) in [4.78, 5) is 33.9. The Labute approximate surface area is 109 Å². The number of rotatable bonds is 3. The Kier molecular flexibility index (Phi) is 3.25. The summed E-state index contributed by atoms with van der Waals surface area (Å²) in [6.45, 7) is 2.03. The monoisotopic (exact) mass is 264 g/mol. The van der Waals surface area contributed by atoms with Crippen LogP contribution in [0.5, 0.6) is 0 Å². The largest absolute Gasteiger partial charge is 0.457 e. The van der Waals surface area contributed by atoms with Gasteiger partial charge in [0.25, 0.3) is 0 Å². The van der Waals surface area contributed by atoms with Gasteiger partial charge in [0.15, 0.2) is 6.61 Å². The molecule has 1 heterocycles. The van der Waals surface area contributed by atoms with Gasteiger partial charge in [0.1, 0.15) is 0 Å². The van der Waals surface area contributed by atoms with Gasteiger partial charge in [-0.1, -0.05) is 18.2 Å². The van der Waals surface area contributed by atoms with E-state index in [2.05, 4.69) is 0 Å². The van der Waals surface area contributed by atoms with E-state index in [-0.39, 0.29) is 12.2 Å². The van der Waals surface area contributed by atoms with Crippen LogP contribution in [0.25, 0.3) is 0 Å². The molecule has 1 aliphatic heterocycles. The highest BCUT2D eigenvalue weighted by Crippen LogP contribution is 2.38. The molecule has 0 radical (unpaired) electrons. The number of hydrogen-bond acceptors (Lipinski definition) is 6. The Morgan fingerprint density at radius 1 is 1.21 bits per heavy atom. The topological polar surface area (TPSA) is 78.9 Å². The van der Waals surface area contributed by atoms with Crippen LogP contribution < -0.4 is 0 Å². The van der Waals surface area contributed by atoms with Crippen molar-refractivity contribution >= 4 is 17.9 Å². The molecule has 1 aliphatic rings. The average Bonchev–Trinajstić information content (AvgIpc) is 2.61. The van der Waals surface area contributed by atoms with Crippen molar-refractivity contribution in [3.63, 3.8) is 0 Å². The predicted molar refractivity (Wildman–Crippen MR) is 61.9 cm³/mol. The molecular formula is C13H12O6. The first-order chi connectivity index (χ1) is 8.94. The maximum absolute atomic E-state index is 11.8. The quantitative estimate of drug-likeness (QED) is 0.761. The molecule has 0 aliphatic carbocycles. The van der Waals surface area contributed by atoms with E-state index < -0.39 is 23.7 Å². The van der Waals surface area contributed by atoms with Crippen LogP contribution in [0.1, 0.15) is 29.8 Å². The molecule has 6 nitrogen and oxygen atoms in total.